The molecule has 0 fully saturated rings. The SMILES string of the molecule is C=Cc1c(C=NC)n[nH]c1C. The van der Waals surface area contributed by atoms with E-state index in [1.807, 2.05) is 6.92 Å². The lowest BCUT2D eigenvalue weighted by Crippen LogP contribution is -1.83. The van der Waals surface area contributed by atoms with E-state index in [1.165, 1.54) is 0 Å². The van der Waals surface area contributed by atoms with Crippen molar-refractivity contribution in [1.29, 1.82) is 0 Å². The summed E-state index contributed by atoms with van der Waals surface area (Å²) in [6, 6.07) is 0. The summed E-state index contributed by atoms with van der Waals surface area (Å²) in [5, 5.41) is 6.89. The van der Waals surface area contributed by atoms with Crippen LogP contribution in [0.1, 0.15) is 17.0 Å². The fourth-order valence-corrected chi connectivity index (χ4v) is 0.935. The van der Waals surface area contributed by atoms with E-state index in [1.54, 1.807) is 19.3 Å². The Labute approximate surface area is 65.9 Å². The number of rotatable bonds is 2. The maximum atomic E-state index is 4.03. The second kappa shape index (κ2) is 3.14. The zero-order chi connectivity index (χ0) is 8.27. The molecule has 0 saturated carbocycles. The average Bonchev–Trinajstić information content (AvgIpc) is 2.33. The Bertz CT molecular complexity index is 284. The number of nitrogens with zero attached hydrogens (tertiary/aromatic N) is 2. The number of aromatic amines is 1. The number of aromatic nitrogens is 2. The standard InChI is InChI=1S/C8H11N3/c1-4-7-6(2)10-11-8(7)5-9-3/h4-5H,1H2,2-3H3,(H,10,11). The van der Waals surface area contributed by atoms with Crippen LogP contribution in [-0.4, -0.2) is 23.5 Å². The third kappa shape index (κ3) is 1.37. The number of aryl methyl sites for hydroxylation is 1. The minimum absolute atomic E-state index is 0.847. The van der Waals surface area contributed by atoms with Crippen molar-refractivity contribution < 1.29 is 0 Å². The Morgan fingerprint density at radius 2 is 2.36 bits per heavy atom. The number of H-pyrrole nitrogens is 1. The van der Waals surface area contributed by atoms with Gasteiger partial charge in [-0.1, -0.05) is 12.7 Å². The highest BCUT2D eigenvalue weighted by atomic mass is 15.1. The molecule has 0 radical (unpaired) electrons. The maximum absolute atomic E-state index is 4.03. The van der Waals surface area contributed by atoms with Crippen molar-refractivity contribution in [2.45, 2.75) is 6.92 Å². The van der Waals surface area contributed by atoms with Gasteiger partial charge in [-0.25, -0.2) is 0 Å². The molecule has 0 aliphatic heterocycles. The molecule has 3 heteroatoms. The van der Waals surface area contributed by atoms with Gasteiger partial charge in [-0.15, -0.1) is 0 Å². The summed E-state index contributed by atoms with van der Waals surface area (Å²) in [5.41, 5.74) is 2.89. The van der Waals surface area contributed by atoms with E-state index in [2.05, 4.69) is 21.8 Å². The largest absolute Gasteiger partial charge is 0.294 e. The van der Waals surface area contributed by atoms with Crippen LogP contribution < -0.4 is 0 Å². The minimum Gasteiger partial charge on any atom is -0.294 e. The van der Waals surface area contributed by atoms with Gasteiger partial charge in [0.25, 0.3) is 0 Å². The van der Waals surface area contributed by atoms with Crippen LogP contribution in [0.2, 0.25) is 0 Å². The molecule has 0 saturated heterocycles. The van der Waals surface area contributed by atoms with E-state index < -0.39 is 0 Å². The summed E-state index contributed by atoms with van der Waals surface area (Å²) in [6.45, 7) is 5.64. The second-order valence-corrected chi connectivity index (χ2v) is 2.24. The Hall–Kier alpha value is -1.38. The van der Waals surface area contributed by atoms with Crippen molar-refractivity contribution in [2.24, 2.45) is 4.99 Å². The first kappa shape index (κ1) is 7.72. The van der Waals surface area contributed by atoms with Crippen LogP contribution in [0.5, 0.6) is 0 Å². The van der Waals surface area contributed by atoms with Gasteiger partial charge in [0, 0.05) is 24.5 Å². The van der Waals surface area contributed by atoms with Gasteiger partial charge < -0.3 is 0 Å². The molecule has 1 aromatic heterocycles. The normalized spacial score (nSPS) is 10.7. The first-order valence-corrected chi connectivity index (χ1v) is 3.39. The van der Waals surface area contributed by atoms with E-state index in [0.717, 1.165) is 17.0 Å². The van der Waals surface area contributed by atoms with Gasteiger partial charge >= 0.3 is 0 Å². The van der Waals surface area contributed by atoms with Crippen LogP contribution in [0, 0.1) is 6.92 Å². The molecule has 3 nitrogen and oxygen atoms in total. The van der Waals surface area contributed by atoms with Gasteiger partial charge in [0.2, 0.25) is 0 Å². The second-order valence-electron chi connectivity index (χ2n) is 2.24. The molecule has 1 N–H and O–H groups in total. The minimum atomic E-state index is 0.847. The van der Waals surface area contributed by atoms with E-state index in [4.69, 9.17) is 0 Å². The number of hydrogen-bond donors (Lipinski definition) is 1. The molecule has 58 valence electrons. The van der Waals surface area contributed by atoms with Gasteiger partial charge in [0.05, 0.1) is 0 Å². The highest BCUT2D eigenvalue weighted by molar-refractivity contribution is 5.83. The Morgan fingerprint density at radius 1 is 1.64 bits per heavy atom. The van der Waals surface area contributed by atoms with Crippen molar-refractivity contribution in [3.8, 4) is 0 Å². The number of nitrogens with one attached hydrogen (secondary N) is 1. The smallest absolute Gasteiger partial charge is 0.110 e. The van der Waals surface area contributed by atoms with Crippen molar-refractivity contribution in [1.82, 2.24) is 10.2 Å². The summed E-state index contributed by atoms with van der Waals surface area (Å²) in [5.74, 6) is 0. The first-order valence-electron chi connectivity index (χ1n) is 3.39. The fraction of sp³-hybridized carbons (Fsp3) is 0.250. The van der Waals surface area contributed by atoms with Gasteiger partial charge in [0.1, 0.15) is 5.69 Å². The van der Waals surface area contributed by atoms with Crippen LogP contribution in [0.3, 0.4) is 0 Å². The highest BCUT2D eigenvalue weighted by Gasteiger charge is 2.02. The molecule has 0 unspecified atom stereocenters. The third-order valence-corrected chi connectivity index (χ3v) is 1.48. The van der Waals surface area contributed by atoms with Gasteiger partial charge in [-0.05, 0) is 6.92 Å². The molecule has 1 aromatic rings. The van der Waals surface area contributed by atoms with Crippen LogP contribution >= 0.6 is 0 Å². The molecular formula is C8H11N3. The van der Waals surface area contributed by atoms with Crippen molar-refractivity contribution >= 4 is 12.3 Å². The molecular weight excluding hydrogens is 138 g/mol. The zero-order valence-electron chi connectivity index (χ0n) is 6.76. The number of aliphatic imine (C=N–C) groups is 1. The first-order chi connectivity index (χ1) is 5.29. The van der Waals surface area contributed by atoms with Crippen molar-refractivity contribution in [2.75, 3.05) is 7.05 Å². The van der Waals surface area contributed by atoms with Crippen LogP contribution in [0.4, 0.5) is 0 Å². The van der Waals surface area contributed by atoms with Crippen molar-refractivity contribution in [3.63, 3.8) is 0 Å². The zero-order valence-corrected chi connectivity index (χ0v) is 6.76. The summed E-state index contributed by atoms with van der Waals surface area (Å²) in [6.07, 6.45) is 3.48. The van der Waals surface area contributed by atoms with Gasteiger partial charge in [0.15, 0.2) is 0 Å². The quantitative estimate of drug-likeness (QED) is 0.634. The van der Waals surface area contributed by atoms with Crippen LogP contribution in [0.25, 0.3) is 6.08 Å². The Kier molecular flexibility index (Phi) is 2.21. The Balaban J connectivity index is 3.15. The molecule has 11 heavy (non-hydrogen) atoms. The highest BCUT2D eigenvalue weighted by Crippen LogP contribution is 2.08. The monoisotopic (exact) mass is 149 g/mol. The van der Waals surface area contributed by atoms with Crippen LogP contribution in [0.15, 0.2) is 11.6 Å². The molecule has 0 spiro atoms. The summed E-state index contributed by atoms with van der Waals surface area (Å²) in [4.78, 5) is 3.87. The molecule has 0 amide bonds. The van der Waals surface area contributed by atoms with E-state index in [9.17, 15) is 0 Å². The lowest BCUT2D eigenvalue weighted by molar-refractivity contribution is 1.04. The maximum Gasteiger partial charge on any atom is 0.110 e. The predicted octanol–water partition coefficient (Wildman–Crippen LogP) is 1.41. The van der Waals surface area contributed by atoms with Crippen molar-refractivity contribution in [3.05, 3.63) is 23.5 Å². The van der Waals surface area contributed by atoms with Gasteiger partial charge in [-0.2, -0.15) is 5.10 Å². The predicted molar refractivity (Wildman–Crippen MR) is 46.9 cm³/mol. The molecule has 0 aliphatic carbocycles. The molecule has 0 atom stereocenters. The van der Waals surface area contributed by atoms with E-state index in [-0.39, 0.29) is 0 Å². The molecule has 1 rings (SSSR count). The average molecular weight is 149 g/mol. The molecule has 0 aromatic carbocycles. The molecule has 0 bridgehead atoms. The fourth-order valence-electron chi connectivity index (χ4n) is 0.935. The summed E-state index contributed by atoms with van der Waals surface area (Å²) in [7, 11) is 1.72. The lowest BCUT2D eigenvalue weighted by atomic mass is 10.2. The van der Waals surface area contributed by atoms with E-state index >= 15 is 0 Å². The lowest BCUT2D eigenvalue weighted by Gasteiger charge is -1.88. The van der Waals surface area contributed by atoms with Crippen LogP contribution in [-0.2, 0) is 0 Å². The topological polar surface area (TPSA) is 41.0 Å². The third-order valence-electron chi connectivity index (χ3n) is 1.48. The summed E-state index contributed by atoms with van der Waals surface area (Å²) >= 11 is 0. The molecule has 1 heterocycles. The summed E-state index contributed by atoms with van der Waals surface area (Å²) < 4.78 is 0. The molecule has 0 aliphatic rings. The van der Waals surface area contributed by atoms with Gasteiger partial charge in [-0.3, -0.25) is 10.1 Å². The van der Waals surface area contributed by atoms with E-state index in [0.29, 0.717) is 0 Å². The Morgan fingerprint density at radius 3 is 2.91 bits per heavy atom. The number of hydrogen-bond acceptors (Lipinski definition) is 2.